The van der Waals surface area contributed by atoms with Crippen LogP contribution in [0, 0.1) is 11.3 Å². The molecule has 2 bridgehead atoms. The van der Waals surface area contributed by atoms with Gasteiger partial charge in [-0.05, 0) is 25.7 Å². The molecule has 66 valence electrons. The summed E-state index contributed by atoms with van der Waals surface area (Å²) in [5.74, 6) is 0.798. The van der Waals surface area contributed by atoms with Crippen molar-refractivity contribution in [2.24, 2.45) is 11.3 Å². The van der Waals surface area contributed by atoms with E-state index < -0.39 is 0 Å². The average Bonchev–Trinajstić information content (AvgIpc) is 2.42. The Kier molecular flexibility index (Phi) is 1.62. The number of hydrogen-bond donors (Lipinski definition) is 1. The normalized spacial score (nSPS) is 40.8. The van der Waals surface area contributed by atoms with E-state index in [1.807, 2.05) is 6.08 Å². The third-order valence-corrected chi connectivity index (χ3v) is 2.98. The molecule has 0 amide bonds. The van der Waals surface area contributed by atoms with Gasteiger partial charge in [-0.25, -0.2) is 0 Å². The summed E-state index contributed by atoms with van der Waals surface area (Å²) in [6.45, 7) is 1.75. The van der Waals surface area contributed by atoms with Gasteiger partial charge in [-0.2, -0.15) is 0 Å². The predicted molar refractivity (Wildman–Crippen MR) is 45.6 cm³/mol. The summed E-state index contributed by atoms with van der Waals surface area (Å²) in [4.78, 5) is 11.5. The Labute approximate surface area is 72.3 Å². The number of carbonyl (C=O) groups excluding carboxylic acids is 1. The van der Waals surface area contributed by atoms with E-state index in [9.17, 15) is 9.90 Å². The molecule has 12 heavy (non-hydrogen) atoms. The van der Waals surface area contributed by atoms with Crippen LogP contribution in [0.25, 0.3) is 0 Å². The fourth-order valence-corrected chi connectivity index (χ4v) is 2.50. The van der Waals surface area contributed by atoms with E-state index >= 15 is 0 Å². The molecule has 2 rings (SSSR count). The van der Waals surface area contributed by atoms with Crippen molar-refractivity contribution in [2.45, 2.75) is 32.3 Å². The molecule has 2 aliphatic rings. The van der Waals surface area contributed by atoms with Gasteiger partial charge in [0, 0.05) is 11.8 Å². The van der Waals surface area contributed by atoms with Gasteiger partial charge >= 0.3 is 0 Å². The molecule has 0 spiro atoms. The Morgan fingerprint density at radius 2 is 2.58 bits per heavy atom. The van der Waals surface area contributed by atoms with Crippen LogP contribution in [0.5, 0.6) is 0 Å². The monoisotopic (exact) mass is 166 g/mol. The van der Waals surface area contributed by atoms with E-state index in [-0.39, 0.29) is 11.5 Å². The number of ketones is 1. The molecule has 2 nitrogen and oxygen atoms in total. The smallest absolute Gasteiger partial charge is 0.143 e. The predicted octanol–water partition coefficient (Wildman–Crippen LogP) is 1.29. The number of carbonyl (C=O) groups is 1. The lowest BCUT2D eigenvalue weighted by atomic mass is 9.81. The molecule has 1 fully saturated rings. The first-order valence-corrected chi connectivity index (χ1v) is 4.53. The molecular weight excluding hydrogens is 152 g/mol. The molecule has 0 aromatic heterocycles. The van der Waals surface area contributed by atoms with E-state index in [0.29, 0.717) is 24.5 Å². The van der Waals surface area contributed by atoms with E-state index in [0.717, 1.165) is 6.42 Å². The summed E-state index contributed by atoms with van der Waals surface area (Å²) in [5, 5.41) is 9.26. The zero-order valence-corrected chi connectivity index (χ0v) is 7.29. The zero-order chi connectivity index (χ0) is 8.77. The topological polar surface area (TPSA) is 37.3 Å². The molecule has 3 unspecified atom stereocenters. The highest BCUT2D eigenvalue weighted by Gasteiger charge is 2.48. The SMILES string of the molecule is CC(O)CC12C=CC(CC1=O)C2. The van der Waals surface area contributed by atoms with Crippen molar-refractivity contribution in [2.75, 3.05) is 0 Å². The second-order valence-electron chi connectivity index (χ2n) is 4.16. The summed E-state index contributed by atoms with van der Waals surface area (Å²) < 4.78 is 0. The summed E-state index contributed by atoms with van der Waals surface area (Å²) >= 11 is 0. The van der Waals surface area contributed by atoms with Gasteiger partial charge < -0.3 is 5.11 Å². The summed E-state index contributed by atoms with van der Waals surface area (Å²) in [7, 11) is 0. The van der Waals surface area contributed by atoms with Gasteiger partial charge in [-0.3, -0.25) is 4.79 Å². The first-order chi connectivity index (χ1) is 5.62. The highest BCUT2D eigenvalue weighted by atomic mass is 16.3. The highest BCUT2D eigenvalue weighted by Crippen LogP contribution is 2.49. The number of rotatable bonds is 2. The van der Waals surface area contributed by atoms with Gasteiger partial charge in [0.15, 0.2) is 0 Å². The molecule has 0 aromatic carbocycles. The fraction of sp³-hybridized carbons (Fsp3) is 0.700. The molecule has 1 N–H and O–H groups in total. The number of aliphatic hydroxyl groups excluding tert-OH is 1. The van der Waals surface area contributed by atoms with E-state index in [1.54, 1.807) is 6.92 Å². The average molecular weight is 166 g/mol. The van der Waals surface area contributed by atoms with Crippen LogP contribution in [-0.4, -0.2) is 17.0 Å². The van der Waals surface area contributed by atoms with Crippen molar-refractivity contribution in [3.63, 3.8) is 0 Å². The van der Waals surface area contributed by atoms with Crippen molar-refractivity contribution >= 4 is 5.78 Å². The van der Waals surface area contributed by atoms with Crippen LogP contribution in [0.2, 0.25) is 0 Å². The third-order valence-electron chi connectivity index (χ3n) is 2.98. The second kappa shape index (κ2) is 2.43. The minimum atomic E-state index is -0.365. The first-order valence-electron chi connectivity index (χ1n) is 4.53. The molecule has 0 heterocycles. The summed E-state index contributed by atoms with van der Waals surface area (Å²) in [6.07, 6.45) is 6.02. The quantitative estimate of drug-likeness (QED) is 0.628. The molecule has 0 radical (unpaired) electrons. The second-order valence-corrected chi connectivity index (χ2v) is 4.16. The Bertz CT molecular complexity index is 242. The molecule has 2 heteroatoms. The van der Waals surface area contributed by atoms with Crippen LogP contribution in [0.3, 0.4) is 0 Å². The maximum absolute atomic E-state index is 11.5. The Morgan fingerprint density at radius 3 is 3.00 bits per heavy atom. The first kappa shape index (κ1) is 7.99. The van der Waals surface area contributed by atoms with Gasteiger partial charge in [0.2, 0.25) is 0 Å². The Hall–Kier alpha value is -0.630. The van der Waals surface area contributed by atoms with Gasteiger partial charge in [-0.1, -0.05) is 12.2 Å². The van der Waals surface area contributed by atoms with Crippen LogP contribution in [0.4, 0.5) is 0 Å². The third kappa shape index (κ3) is 1.02. The minimum absolute atomic E-state index is 0.279. The Balaban J connectivity index is 2.20. The number of fused-ring (bicyclic) bond motifs is 2. The van der Waals surface area contributed by atoms with Crippen LogP contribution in [0.1, 0.15) is 26.2 Å². The van der Waals surface area contributed by atoms with Gasteiger partial charge in [-0.15, -0.1) is 0 Å². The molecule has 0 aliphatic heterocycles. The standard InChI is InChI=1S/C10H14O2/c1-7(11)5-10-3-2-8(6-10)4-9(10)12/h2-3,7-8,11H,4-6H2,1H3. The maximum Gasteiger partial charge on any atom is 0.143 e. The molecule has 3 atom stereocenters. The molecular formula is C10H14O2. The molecule has 0 saturated heterocycles. The zero-order valence-electron chi connectivity index (χ0n) is 7.29. The summed E-state index contributed by atoms with van der Waals surface area (Å²) in [6, 6.07) is 0. The lowest BCUT2D eigenvalue weighted by molar-refractivity contribution is -0.125. The lowest BCUT2D eigenvalue weighted by Crippen LogP contribution is -2.27. The van der Waals surface area contributed by atoms with Crippen LogP contribution in [0.15, 0.2) is 12.2 Å². The van der Waals surface area contributed by atoms with E-state index in [1.165, 1.54) is 0 Å². The van der Waals surface area contributed by atoms with Crippen molar-refractivity contribution < 1.29 is 9.90 Å². The van der Waals surface area contributed by atoms with Crippen LogP contribution >= 0.6 is 0 Å². The summed E-state index contributed by atoms with van der Waals surface area (Å²) in [5.41, 5.74) is -0.279. The Morgan fingerprint density at radius 1 is 1.83 bits per heavy atom. The number of allylic oxidation sites excluding steroid dienone is 2. The van der Waals surface area contributed by atoms with Crippen molar-refractivity contribution in [1.29, 1.82) is 0 Å². The van der Waals surface area contributed by atoms with Gasteiger partial charge in [0.1, 0.15) is 5.78 Å². The minimum Gasteiger partial charge on any atom is -0.393 e. The molecule has 1 saturated carbocycles. The fourth-order valence-electron chi connectivity index (χ4n) is 2.50. The van der Waals surface area contributed by atoms with Crippen molar-refractivity contribution in [3.8, 4) is 0 Å². The largest absolute Gasteiger partial charge is 0.393 e. The molecule has 0 aromatic rings. The number of hydrogen-bond acceptors (Lipinski definition) is 2. The van der Waals surface area contributed by atoms with Crippen LogP contribution in [-0.2, 0) is 4.79 Å². The van der Waals surface area contributed by atoms with Gasteiger partial charge in [0.25, 0.3) is 0 Å². The lowest BCUT2D eigenvalue weighted by Gasteiger charge is -2.23. The van der Waals surface area contributed by atoms with E-state index in [2.05, 4.69) is 6.08 Å². The number of Topliss-reactive ketones (excluding diaryl/α,β-unsaturated/α-hetero) is 1. The van der Waals surface area contributed by atoms with Gasteiger partial charge in [0.05, 0.1) is 6.10 Å². The van der Waals surface area contributed by atoms with Crippen LogP contribution < -0.4 is 0 Å². The van der Waals surface area contributed by atoms with Crippen molar-refractivity contribution in [1.82, 2.24) is 0 Å². The maximum atomic E-state index is 11.5. The molecule has 2 aliphatic carbocycles. The van der Waals surface area contributed by atoms with Crippen molar-refractivity contribution in [3.05, 3.63) is 12.2 Å². The number of aliphatic hydroxyl groups is 1. The highest BCUT2D eigenvalue weighted by molar-refractivity contribution is 5.90. The van der Waals surface area contributed by atoms with E-state index in [4.69, 9.17) is 0 Å².